The van der Waals surface area contributed by atoms with Gasteiger partial charge in [-0.05, 0) is 23.8 Å². The van der Waals surface area contributed by atoms with E-state index >= 15 is 0 Å². The van der Waals surface area contributed by atoms with E-state index in [-0.39, 0.29) is 18.0 Å². The summed E-state index contributed by atoms with van der Waals surface area (Å²) < 4.78 is 36.2. The van der Waals surface area contributed by atoms with Gasteiger partial charge in [0.25, 0.3) is 0 Å². The number of ether oxygens (including phenoxy) is 1. The lowest BCUT2D eigenvalue weighted by Crippen LogP contribution is -2.09. The summed E-state index contributed by atoms with van der Waals surface area (Å²) in [6.45, 7) is 0.144. The Morgan fingerprint density at radius 2 is 1.86 bits per heavy atom. The lowest BCUT2D eigenvalue weighted by atomic mass is 10.0. The molecule has 4 aromatic rings. The maximum atomic E-state index is 13.7. The number of hydrogen-bond donors (Lipinski definition) is 0. The molecule has 8 nitrogen and oxygen atoms in total. The van der Waals surface area contributed by atoms with Crippen LogP contribution in [0.25, 0.3) is 22.6 Å². The molecule has 1 aliphatic rings. The van der Waals surface area contributed by atoms with Gasteiger partial charge in [0, 0.05) is 24.2 Å². The van der Waals surface area contributed by atoms with Crippen molar-refractivity contribution in [2.24, 2.45) is 7.05 Å². The molecule has 0 bridgehead atoms. The second kappa shape index (κ2) is 6.59. The quantitative estimate of drug-likeness (QED) is 0.519. The van der Waals surface area contributed by atoms with Crippen LogP contribution in [0.1, 0.15) is 11.4 Å². The Kier molecular flexibility index (Phi) is 3.90. The van der Waals surface area contributed by atoms with E-state index in [1.165, 1.54) is 23.0 Å². The molecule has 3 aromatic heterocycles. The summed E-state index contributed by atoms with van der Waals surface area (Å²) in [5.74, 6) is -0.290. The largest absolute Gasteiger partial charge is 0.468 e. The lowest BCUT2D eigenvalue weighted by Gasteiger charge is -2.14. The molecule has 144 valence electrons. The summed E-state index contributed by atoms with van der Waals surface area (Å²) in [5, 5.41) is 16.7. The van der Waals surface area contributed by atoms with Crippen LogP contribution < -0.4 is 4.74 Å². The first-order chi connectivity index (χ1) is 14.1. The van der Waals surface area contributed by atoms with Crippen LogP contribution >= 0.6 is 0 Å². The molecule has 5 rings (SSSR count). The number of fused-ring (bicyclic) bond motifs is 1. The van der Waals surface area contributed by atoms with Crippen molar-refractivity contribution in [3.05, 3.63) is 71.8 Å². The summed E-state index contributed by atoms with van der Waals surface area (Å²) in [6.07, 6.45) is 7.17. The lowest BCUT2D eigenvalue weighted by molar-refractivity contribution is 0.273. The summed E-state index contributed by atoms with van der Waals surface area (Å²) in [7, 11) is 1.76. The topological polar surface area (TPSA) is 83.0 Å². The summed E-state index contributed by atoms with van der Waals surface area (Å²) >= 11 is 0. The number of allylic oxidation sites excluding steroid dienone is 4. The van der Waals surface area contributed by atoms with Crippen molar-refractivity contribution >= 4 is 11.2 Å². The fourth-order valence-electron chi connectivity index (χ4n) is 2.95. The fourth-order valence-corrected chi connectivity index (χ4v) is 2.95. The Balaban J connectivity index is 1.60. The van der Waals surface area contributed by atoms with Crippen LogP contribution in [0.4, 0.5) is 8.78 Å². The summed E-state index contributed by atoms with van der Waals surface area (Å²) in [4.78, 5) is 4.13. The van der Waals surface area contributed by atoms with Crippen LogP contribution in [0.5, 0.6) is 5.88 Å². The number of benzene rings is 1. The van der Waals surface area contributed by atoms with Crippen molar-refractivity contribution in [3.8, 4) is 17.3 Å². The van der Waals surface area contributed by atoms with Crippen molar-refractivity contribution in [3.63, 3.8) is 0 Å². The molecular weight excluding hydrogens is 380 g/mol. The molecule has 0 saturated heterocycles. The molecule has 29 heavy (non-hydrogen) atoms. The van der Waals surface area contributed by atoms with Crippen molar-refractivity contribution in [1.29, 1.82) is 0 Å². The molecule has 0 unspecified atom stereocenters. The Labute approximate surface area is 162 Å². The Bertz CT molecular complexity index is 1290. The second-order valence-electron chi connectivity index (χ2n) is 6.38. The minimum Gasteiger partial charge on any atom is -0.468 e. The van der Waals surface area contributed by atoms with E-state index in [4.69, 9.17) is 4.74 Å². The Morgan fingerprint density at radius 1 is 1.07 bits per heavy atom. The molecule has 0 spiro atoms. The van der Waals surface area contributed by atoms with E-state index in [1.54, 1.807) is 17.8 Å². The molecule has 3 heterocycles. The highest BCUT2D eigenvalue weighted by Gasteiger charge is 2.19. The first kappa shape index (κ1) is 17.2. The van der Waals surface area contributed by atoms with Crippen LogP contribution in [0.2, 0.25) is 0 Å². The maximum Gasteiger partial charge on any atom is 0.240 e. The molecule has 0 aliphatic heterocycles. The van der Waals surface area contributed by atoms with Crippen molar-refractivity contribution in [2.45, 2.75) is 6.61 Å². The van der Waals surface area contributed by atoms with Gasteiger partial charge in [0.1, 0.15) is 24.6 Å². The van der Waals surface area contributed by atoms with Gasteiger partial charge < -0.3 is 4.74 Å². The smallest absolute Gasteiger partial charge is 0.240 e. The molecular formula is C19H13F2N7O. The summed E-state index contributed by atoms with van der Waals surface area (Å²) in [5.41, 5.74) is 2.30. The number of nitrogens with zero attached hydrogens (tertiary/aromatic N) is 7. The normalized spacial score (nSPS) is 12.9. The number of aromatic nitrogens is 7. The number of halogens is 2. The highest BCUT2D eigenvalue weighted by molar-refractivity contribution is 5.84. The number of hydrogen-bond acceptors (Lipinski definition) is 6. The van der Waals surface area contributed by atoms with E-state index in [0.717, 1.165) is 17.2 Å². The number of rotatable bonds is 5. The van der Waals surface area contributed by atoms with Gasteiger partial charge in [0.15, 0.2) is 17.3 Å². The van der Waals surface area contributed by atoms with Crippen molar-refractivity contribution < 1.29 is 13.5 Å². The fraction of sp³-hybridized carbons (Fsp3) is 0.105. The predicted molar refractivity (Wildman–Crippen MR) is 98.6 cm³/mol. The summed E-state index contributed by atoms with van der Waals surface area (Å²) in [6, 6.07) is 4.91. The van der Waals surface area contributed by atoms with Gasteiger partial charge in [-0.1, -0.05) is 18.2 Å². The Hall–Kier alpha value is -3.95. The van der Waals surface area contributed by atoms with Crippen LogP contribution in [0.3, 0.4) is 0 Å². The van der Waals surface area contributed by atoms with Crippen molar-refractivity contribution in [2.75, 3.05) is 0 Å². The van der Waals surface area contributed by atoms with E-state index in [9.17, 15) is 8.78 Å². The molecule has 1 aromatic carbocycles. The standard InChI is InChI=1S/C19H13F2N7O/c1-27-17(22-10-23-27)9-29-19-15(11-3-2-4-11)8-16-24-25-18(28(16)26-19)12-5-13(20)7-14(21)6-12/h2-8,10H,9H2,1H3. The molecule has 0 saturated carbocycles. The van der Waals surface area contributed by atoms with E-state index in [1.807, 2.05) is 18.2 Å². The maximum absolute atomic E-state index is 13.7. The van der Waals surface area contributed by atoms with Gasteiger partial charge >= 0.3 is 0 Å². The molecule has 10 heteroatoms. The van der Waals surface area contributed by atoms with Crippen molar-refractivity contribution in [1.82, 2.24) is 34.6 Å². The average Bonchev–Trinajstić information content (AvgIpc) is 3.23. The second-order valence-corrected chi connectivity index (χ2v) is 6.38. The Morgan fingerprint density at radius 3 is 2.52 bits per heavy atom. The third-order valence-electron chi connectivity index (χ3n) is 4.49. The highest BCUT2D eigenvalue weighted by atomic mass is 19.1. The minimum absolute atomic E-state index is 0.144. The number of aryl methyl sites for hydroxylation is 1. The van der Waals surface area contributed by atoms with Gasteiger partial charge in [0.2, 0.25) is 5.88 Å². The molecule has 0 radical (unpaired) electrons. The van der Waals surface area contributed by atoms with Gasteiger partial charge in [-0.25, -0.2) is 13.8 Å². The average molecular weight is 393 g/mol. The molecule has 0 fully saturated rings. The molecule has 1 aliphatic carbocycles. The van der Waals surface area contributed by atoms with E-state index in [0.29, 0.717) is 17.4 Å². The van der Waals surface area contributed by atoms with Gasteiger partial charge in [-0.2, -0.15) is 9.61 Å². The van der Waals surface area contributed by atoms with Crippen LogP contribution in [-0.2, 0) is 13.7 Å². The third kappa shape index (κ3) is 3.04. The molecule has 0 amide bonds. The predicted octanol–water partition coefficient (Wildman–Crippen LogP) is 2.73. The van der Waals surface area contributed by atoms with E-state index < -0.39 is 11.6 Å². The first-order valence-corrected chi connectivity index (χ1v) is 8.66. The molecule has 0 atom stereocenters. The van der Waals surface area contributed by atoms with E-state index in [2.05, 4.69) is 25.4 Å². The third-order valence-corrected chi connectivity index (χ3v) is 4.49. The SMILES string of the molecule is Cn1ncnc1COc1nn2c(-c3cc(F)cc(F)c3)nnc2cc1C1=CC=C1. The zero-order chi connectivity index (χ0) is 20.0. The van der Waals surface area contributed by atoms with Gasteiger partial charge in [-0.3, -0.25) is 4.68 Å². The van der Waals surface area contributed by atoms with Gasteiger partial charge in [0.05, 0.1) is 0 Å². The molecule has 0 N–H and O–H groups in total. The monoisotopic (exact) mass is 393 g/mol. The van der Waals surface area contributed by atoms with Crippen LogP contribution in [0.15, 0.2) is 48.8 Å². The first-order valence-electron chi connectivity index (χ1n) is 8.66. The minimum atomic E-state index is -0.711. The van der Waals surface area contributed by atoms with Crippen LogP contribution in [0, 0.1) is 11.6 Å². The van der Waals surface area contributed by atoms with Gasteiger partial charge in [-0.15, -0.1) is 15.3 Å². The highest BCUT2D eigenvalue weighted by Crippen LogP contribution is 2.31. The zero-order valence-electron chi connectivity index (χ0n) is 15.1. The zero-order valence-corrected chi connectivity index (χ0v) is 15.1. The van der Waals surface area contributed by atoms with Crippen LogP contribution in [-0.4, -0.2) is 34.6 Å².